The van der Waals surface area contributed by atoms with Crippen LogP contribution in [0.25, 0.3) is 0 Å². The molecule has 0 amide bonds. The Bertz CT molecular complexity index is 622. The van der Waals surface area contributed by atoms with Crippen LogP contribution in [-0.4, -0.2) is 17.3 Å². The zero-order valence-corrected chi connectivity index (χ0v) is 12.3. The lowest BCUT2D eigenvalue weighted by Crippen LogP contribution is -1.96. The highest BCUT2D eigenvalue weighted by atomic mass is 16.5. The Morgan fingerprint density at radius 2 is 1.50 bits per heavy atom. The van der Waals surface area contributed by atoms with Crippen molar-refractivity contribution in [2.45, 2.75) is 27.2 Å². The van der Waals surface area contributed by atoms with Gasteiger partial charge in [0, 0.05) is 12.0 Å². The van der Waals surface area contributed by atoms with E-state index in [1.165, 1.54) is 0 Å². The van der Waals surface area contributed by atoms with Crippen molar-refractivity contribution in [1.29, 1.82) is 0 Å². The highest BCUT2D eigenvalue weighted by Gasteiger charge is 2.10. The molecule has 106 valence electrons. The molecule has 0 fully saturated rings. The molecule has 0 aromatic heterocycles. The Morgan fingerprint density at radius 1 is 0.900 bits per heavy atom. The third-order valence-electron chi connectivity index (χ3n) is 3.48. The van der Waals surface area contributed by atoms with Crippen LogP contribution in [0.4, 0.5) is 0 Å². The smallest absolute Gasteiger partial charge is 0.124 e. The maximum Gasteiger partial charge on any atom is 0.124 e. The lowest BCUT2D eigenvalue weighted by molar-refractivity contribution is 0.408. The average molecular weight is 272 g/mol. The quantitative estimate of drug-likeness (QED) is 0.839. The minimum Gasteiger partial charge on any atom is -0.508 e. The summed E-state index contributed by atoms with van der Waals surface area (Å²) in [4.78, 5) is 0. The molecule has 0 unspecified atom stereocenters. The minimum atomic E-state index is 0.178. The first kappa shape index (κ1) is 14.3. The molecule has 2 N–H and O–H groups in total. The molecule has 0 aliphatic heterocycles. The number of benzene rings is 2. The summed E-state index contributed by atoms with van der Waals surface area (Å²) in [6.45, 7) is 5.79. The monoisotopic (exact) mass is 272 g/mol. The molecule has 0 radical (unpaired) electrons. The van der Waals surface area contributed by atoms with E-state index in [-0.39, 0.29) is 11.5 Å². The van der Waals surface area contributed by atoms with Gasteiger partial charge in [-0.3, -0.25) is 0 Å². The molecular formula is C17H20O3. The van der Waals surface area contributed by atoms with Crippen molar-refractivity contribution in [2.75, 3.05) is 7.11 Å². The van der Waals surface area contributed by atoms with Crippen LogP contribution in [0.5, 0.6) is 17.2 Å². The van der Waals surface area contributed by atoms with Crippen LogP contribution in [0, 0.1) is 20.8 Å². The van der Waals surface area contributed by atoms with Crippen LogP contribution in [0.15, 0.2) is 24.3 Å². The number of ether oxygens (including phenoxy) is 1. The predicted molar refractivity (Wildman–Crippen MR) is 79.8 cm³/mol. The molecule has 0 saturated carbocycles. The van der Waals surface area contributed by atoms with E-state index in [0.717, 1.165) is 28.0 Å². The molecule has 20 heavy (non-hydrogen) atoms. The number of rotatable bonds is 3. The van der Waals surface area contributed by atoms with Gasteiger partial charge in [0.05, 0.1) is 7.11 Å². The van der Waals surface area contributed by atoms with E-state index >= 15 is 0 Å². The normalized spacial score (nSPS) is 10.6. The first-order chi connectivity index (χ1) is 9.42. The van der Waals surface area contributed by atoms with Gasteiger partial charge in [-0.15, -0.1) is 0 Å². The molecule has 3 heteroatoms. The van der Waals surface area contributed by atoms with Gasteiger partial charge in [-0.05, 0) is 55.2 Å². The van der Waals surface area contributed by atoms with Gasteiger partial charge in [-0.2, -0.15) is 0 Å². The molecule has 0 aliphatic rings. The van der Waals surface area contributed by atoms with E-state index in [0.29, 0.717) is 12.0 Å². The topological polar surface area (TPSA) is 49.7 Å². The lowest BCUT2D eigenvalue weighted by Gasteiger charge is -2.13. The Hall–Kier alpha value is -2.16. The number of hydrogen-bond acceptors (Lipinski definition) is 3. The minimum absolute atomic E-state index is 0.178. The summed E-state index contributed by atoms with van der Waals surface area (Å²) in [7, 11) is 1.67. The molecule has 0 heterocycles. The van der Waals surface area contributed by atoms with Crippen LogP contribution < -0.4 is 4.74 Å². The molecule has 0 saturated heterocycles. The molecular weight excluding hydrogens is 252 g/mol. The van der Waals surface area contributed by atoms with E-state index < -0.39 is 0 Å². The van der Waals surface area contributed by atoms with Gasteiger partial charge in [0.25, 0.3) is 0 Å². The highest BCUT2D eigenvalue weighted by molar-refractivity contribution is 5.49. The zero-order valence-electron chi connectivity index (χ0n) is 12.3. The summed E-state index contributed by atoms with van der Waals surface area (Å²) in [6, 6.07) is 7.26. The number of aryl methyl sites for hydroxylation is 3. The number of hydrogen-bond donors (Lipinski definition) is 2. The first-order valence-electron chi connectivity index (χ1n) is 6.58. The van der Waals surface area contributed by atoms with Gasteiger partial charge in [0.1, 0.15) is 17.2 Å². The second kappa shape index (κ2) is 5.45. The van der Waals surface area contributed by atoms with Crippen molar-refractivity contribution >= 4 is 0 Å². The fourth-order valence-corrected chi connectivity index (χ4v) is 2.65. The van der Waals surface area contributed by atoms with Gasteiger partial charge < -0.3 is 14.9 Å². The van der Waals surface area contributed by atoms with Gasteiger partial charge in [-0.25, -0.2) is 0 Å². The van der Waals surface area contributed by atoms with Gasteiger partial charge >= 0.3 is 0 Å². The standard InChI is InChI=1S/C17H20O3/c1-10-7-15(18)9-14(16(10)19)8-13-5-11(2)17(20-4)12(3)6-13/h5-7,9,18-19H,8H2,1-4H3. The van der Waals surface area contributed by atoms with Crippen LogP contribution in [-0.2, 0) is 6.42 Å². The van der Waals surface area contributed by atoms with E-state index in [9.17, 15) is 10.2 Å². The summed E-state index contributed by atoms with van der Waals surface area (Å²) in [5.74, 6) is 1.32. The van der Waals surface area contributed by atoms with Crippen LogP contribution >= 0.6 is 0 Å². The summed E-state index contributed by atoms with van der Waals surface area (Å²) in [5.41, 5.74) is 4.63. The Morgan fingerprint density at radius 3 is 2.05 bits per heavy atom. The average Bonchev–Trinajstić information content (AvgIpc) is 2.35. The Balaban J connectivity index is 2.40. The Labute approximate surface area is 119 Å². The number of methoxy groups -OCH3 is 1. The van der Waals surface area contributed by atoms with Crippen LogP contribution in [0.3, 0.4) is 0 Å². The maximum atomic E-state index is 10.1. The molecule has 0 aliphatic carbocycles. The molecule has 0 atom stereocenters. The fourth-order valence-electron chi connectivity index (χ4n) is 2.65. The third-order valence-corrected chi connectivity index (χ3v) is 3.48. The van der Waals surface area contributed by atoms with E-state index in [1.807, 2.05) is 26.0 Å². The summed E-state index contributed by atoms with van der Waals surface area (Å²) >= 11 is 0. The Kier molecular flexibility index (Phi) is 3.89. The number of aromatic hydroxyl groups is 2. The van der Waals surface area contributed by atoms with Gasteiger partial charge in [0.15, 0.2) is 0 Å². The van der Waals surface area contributed by atoms with E-state index in [1.54, 1.807) is 26.2 Å². The van der Waals surface area contributed by atoms with Crippen LogP contribution in [0.1, 0.15) is 27.8 Å². The van der Waals surface area contributed by atoms with Crippen molar-refractivity contribution in [1.82, 2.24) is 0 Å². The SMILES string of the molecule is COc1c(C)cc(Cc2cc(O)cc(C)c2O)cc1C. The predicted octanol–water partition coefficient (Wildman–Crippen LogP) is 3.62. The lowest BCUT2D eigenvalue weighted by atomic mass is 9.98. The molecule has 3 nitrogen and oxygen atoms in total. The van der Waals surface area contributed by atoms with Gasteiger partial charge in [-0.1, -0.05) is 12.1 Å². The second-order valence-electron chi connectivity index (χ2n) is 5.21. The zero-order chi connectivity index (χ0) is 14.9. The van der Waals surface area contributed by atoms with Crippen molar-refractivity contribution in [3.63, 3.8) is 0 Å². The van der Waals surface area contributed by atoms with E-state index in [2.05, 4.69) is 0 Å². The molecule has 2 aromatic rings. The van der Waals surface area contributed by atoms with Crippen molar-refractivity contribution in [2.24, 2.45) is 0 Å². The second-order valence-corrected chi connectivity index (χ2v) is 5.21. The summed E-state index contributed by atoms with van der Waals surface area (Å²) < 4.78 is 5.35. The van der Waals surface area contributed by atoms with Crippen molar-refractivity contribution < 1.29 is 14.9 Å². The molecule has 0 spiro atoms. The maximum absolute atomic E-state index is 10.1. The molecule has 2 aromatic carbocycles. The first-order valence-corrected chi connectivity index (χ1v) is 6.58. The molecule has 0 bridgehead atoms. The highest BCUT2D eigenvalue weighted by Crippen LogP contribution is 2.31. The van der Waals surface area contributed by atoms with Crippen molar-refractivity contribution in [3.8, 4) is 17.2 Å². The van der Waals surface area contributed by atoms with Crippen molar-refractivity contribution in [3.05, 3.63) is 52.1 Å². The largest absolute Gasteiger partial charge is 0.508 e. The summed E-state index contributed by atoms with van der Waals surface area (Å²) in [6.07, 6.45) is 0.576. The van der Waals surface area contributed by atoms with E-state index in [4.69, 9.17) is 4.74 Å². The van der Waals surface area contributed by atoms with Crippen LogP contribution in [0.2, 0.25) is 0 Å². The molecule has 2 rings (SSSR count). The number of phenols is 2. The summed E-state index contributed by atoms with van der Waals surface area (Å²) in [5, 5.41) is 19.7. The number of phenolic OH excluding ortho intramolecular Hbond substituents is 2. The fraction of sp³-hybridized carbons (Fsp3) is 0.294. The van der Waals surface area contributed by atoms with Gasteiger partial charge in [0.2, 0.25) is 0 Å². The third kappa shape index (κ3) is 2.72.